The van der Waals surface area contributed by atoms with Crippen LogP contribution in [0.5, 0.6) is 5.88 Å². The summed E-state index contributed by atoms with van der Waals surface area (Å²) in [4.78, 5) is 0. The fraction of sp³-hybridized carbons (Fsp3) is 0.143. The molecule has 1 aliphatic rings. The summed E-state index contributed by atoms with van der Waals surface area (Å²) < 4.78 is 11.0. The maximum absolute atomic E-state index is 9.72. The van der Waals surface area contributed by atoms with Crippen molar-refractivity contribution in [1.82, 2.24) is 10.2 Å². The average molecular weight is 358 g/mol. The Labute approximate surface area is 156 Å². The number of benzene rings is 1. The molecule has 1 atom stereocenters. The van der Waals surface area contributed by atoms with Gasteiger partial charge in [-0.25, -0.2) is 0 Å². The monoisotopic (exact) mass is 358 g/mol. The molecule has 0 radical (unpaired) electrons. The number of ether oxygens (including phenoxy) is 1. The number of hydrogen-bond acceptors (Lipinski definition) is 5. The Morgan fingerprint density at radius 2 is 2.07 bits per heavy atom. The number of furan rings is 1. The standard InChI is InChI=1S/C21H18N4O2/c1-12-5-7-14(8-6-12)19-18-17(13(2)10-15-4-3-9-26-15)16(11-22)20(23)27-21(18)25-24-19/h3-10,17H,23H2,1-2H3,(H,24,25)/b13-10+/t17-/m1/s1. The minimum Gasteiger partial charge on any atom is -0.465 e. The summed E-state index contributed by atoms with van der Waals surface area (Å²) in [6, 6.07) is 14.0. The van der Waals surface area contributed by atoms with Gasteiger partial charge in [0, 0.05) is 5.56 Å². The molecule has 6 heteroatoms. The topological polar surface area (TPSA) is 101 Å². The molecular formula is C21H18N4O2. The van der Waals surface area contributed by atoms with Gasteiger partial charge in [0.05, 0.1) is 23.4 Å². The zero-order chi connectivity index (χ0) is 19.0. The van der Waals surface area contributed by atoms with Gasteiger partial charge in [0.1, 0.15) is 17.4 Å². The third-order valence-electron chi connectivity index (χ3n) is 4.65. The lowest BCUT2D eigenvalue weighted by atomic mass is 9.83. The van der Waals surface area contributed by atoms with Crippen LogP contribution in [0.4, 0.5) is 0 Å². The summed E-state index contributed by atoms with van der Waals surface area (Å²) in [7, 11) is 0. The number of H-pyrrole nitrogens is 1. The molecule has 6 nitrogen and oxygen atoms in total. The molecule has 3 heterocycles. The fourth-order valence-corrected chi connectivity index (χ4v) is 3.32. The van der Waals surface area contributed by atoms with Crippen molar-refractivity contribution in [3.05, 3.63) is 76.6 Å². The molecule has 27 heavy (non-hydrogen) atoms. The van der Waals surface area contributed by atoms with Crippen LogP contribution >= 0.6 is 0 Å². The van der Waals surface area contributed by atoms with Gasteiger partial charge in [-0.3, -0.25) is 5.10 Å². The molecule has 0 saturated carbocycles. The molecule has 0 saturated heterocycles. The molecular weight excluding hydrogens is 340 g/mol. The number of aromatic amines is 1. The zero-order valence-electron chi connectivity index (χ0n) is 15.0. The van der Waals surface area contributed by atoms with E-state index in [1.54, 1.807) is 6.26 Å². The van der Waals surface area contributed by atoms with E-state index in [-0.39, 0.29) is 11.8 Å². The smallest absolute Gasteiger partial charge is 0.244 e. The van der Waals surface area contributed by atoms with Crippen molar-refractivity contribution in [1.29, 1.82) is 5.26 Å². The number of rotatable bonds is 3. The predicted octanol–water partition coefficient (Wildman–Crippen LogP) is 4.25. The molecule has 4 rings (SSSR count). The summed E-state index contributed by atoms with van der Waals surface area (Å²) in [6.07, 6.45) is 3.51. The van der Waals surface area contributed by atoms with Crippen molar-refractivity contribution in [3.63, 3.8) is 0 Å². The molecule has 134 valence electrons. The van der Waals surface area contributed by atoms with Crippen LogP contribution in [0.15, 0.2) is 64.1 Å². The Morgan fingerprint density at radius 1 is 1.30 bits per heavy atom. The van der Waals surface area contributed by atoms with Crippen LogP contribution < -0.4 is 10.5 Å². The van der Waals surface area contributed by atoms with E-state index in [1.807, 2.05) is 56.3 Å². The van der Waals surface area contributed by atoms with E-state index in [0.29, 0.717) is 17.2 Å². The van der Waals surface area contributed by atoms with Crippen molar-refractivity contribution >= 4 is 6.08 Å². The highest BCUT2D eigenvalue weighted by molar-refractivity contribution is 5.72. The highest BCUT2D eigenvalue weighted by Crippen LogP contribution is 2.46. The first-order valence-electron chi connectivity index (χ1n) is 8.53. The van der Waals surface area contributed by atoms with Gasteiger partial charge in [-0.1, -0.05) is 35.4 Å². The molecule has 1 aromatic carbocycles. The summed E-state index contributed by atoms with van der Waals surface area (Å²) in [5, 5.41) is 17.0. The van der Waals surface area contributed by atoms with E-state index in [9.17, 15) is 5.26 Å². The number of hydrogen-bond donors (Lipinski definition) is 2. The molecule has 1 aliphatic heterocycles. The van der Waals surface area contributed by atoms with Crippen LogP contribution in [0, 0.1) is 18.3 Å². The second kappa shape index (κ2) is 6.54. The van der Waals surface area contributed by atoms with Crippen LogP contribution in [0.2, 0.25) is 0 Å². The summed E-state index contributed by atoms with van der Waals surface area (Å²) in [5.74, 6) is 0.791. The lowest BCUT2D eigenvalue weighted by Gasteiger charge is -2.24. The fourth-order valence-electron chi connectivity index (χ4n) is 3.32. The van der Waals surface area contributed by atoms with Gasteiger partial charge in [-0.05, 0) is 32.1 Å². The first kappa shape index (κ1) is 16.7. The van der Waals surface area contributed by atoms with Crippen molar-refractivity contribution in [3.8, 4) is 23.2 Å². The molecule has 3 N–H and O–H groups in total. The average Bonchev–Trinajstić information content (AvgIpc) is 3.31. The molecule has 3 aromatic rings. The number of allylic oxidation sites excluding steroid dienone is 2. The van der Waals surface area contributed by atoms with Crippen LogP contribution in [0.3, 0.4) is 0 Å². The third-order valence-corrected chi connectivity index (χ3v) is 4.65. The van der Waals surface area contributed by atoms with Crippen molar-refractivity contribution in [2.45, 2.75) is 19.8 Å². The Balaban J connectivity index is 1.89. The second-order valence-electron chi connectivity index (χ2n) is 6.51. The number of nitrogens with zero attached hydrogens (tertiary/aromatic N) is 2. The second-order valence-corrected chi connectivity index (χ2v) is 6.51. The van der Waals surface area contributed by atoms with Gasteiger partial charge in [0.15, 0.2) is 0 Å². The minimum absolute atomic E-state index is 0.0733. The molecule has 0 unspecified atom stereocenters. The number of aromatic nitrogens is 2. The highest BCUT2D eigenvalue weighted by Gasteiger charge is 2.35. The van der Waals surface area contributed by atoms with E-state index in [2.05, 4.69) is 16.3 Å². The summed E-state index contributed by atoms with van der Waals surface area (Å²) in [5.41, 5.74) is 11.0. The Hall–Kier alpha value is -3.72. The van der Waals surface area contributed by atoms with Gasteiger partial charge in [-0.15, -0.1) is 5.10 Å². The van der Waals surface area contributed by atoms with Gasteiger partial charge in [0.25, 0.3) is 0 Å². The highest BCUT2D eigenvalue weighted by atomic mass is 16.5. The van der Waals surface area contributed by atoms with Gasteiger partial charge < -0.3 is 14.9 Å². The molecule has 0 bridgehead atoms. The van der Waals surface area contributed by atoms with Gasteiger partial charge in [0.2, 0.25) is 11.8 Å². The van der Waals surface area contributed by atoms with E-state index in [1.165, 1.54) is 0 Å². The Morgan fingerprint density at radius 3 is 2.74 bits per heavy atom. The van der Waals surface area contributed by atoms with Crippen molar-refractivity contribution < 1.29 is 9.15 Å². The van der Waals surface area contributed by atoms with Crippen LogP contribution in [0.25, 0.3) is 17.3 Å². The largest absolute Gasteiger partial charge is 0.465 e. The summed E-state index contributed by atoms with van der Waals surface area (Å²) in [6.45, 7) is 3.98. The third kappa shape index (κ3) is 2.89. The lowest BCUT2D eigenvalue weighted by Crippen LogP contribution is -2.20. The molecule has 0 spiro atoms. The van der Waals surface area contributed by atoms with Gasteiger partial charge >= 0.3 is 0 Å². The zero-order valence-corrected chi connectivity index (χ0v) is 15.0. The van der Waals surface area contributed by atoms with Crippen molar-refractivity contribution in [2.24, 2.45) is 5.73 Å². The molecule has 0 fully saturated rings. The minimum atomic E-state index is -0.376. The van der Waals surface area contributed by atoms with Crippen LogP contribution in [0.1, 0.15) is 29.7 Å². The Kier molecular flexibility index (Phi) is 4.05. The Bertz CT molecular complexity index is 1080. The lowest BCUT2D eigenvalue weighted by molar-refractivity contribution is 0.378. The molecule has 0 amide bonds. The SMILES string of the molecule is C/C(=C\c1ccco1)[C@@H]1C(C#N)=C(N)Oc2n[nH]c(-c3ccc(C)cc3)c21. The number of nitrogens with one attached hydrogen (secondary N) is 1. The maximum atomic E-state index is 9.72. The first-order chi connectivity index (χ1) is 13.1. The number of nitriles is 1. The first-order valence-corrected chi connectivity index (χ1v) is 8.53. The van der Waals surface area contributed by atoms with Gasteiger partial charge in [-0.2, -0.15) is 5.26 Å². The quantitative estimate of drug-likeness (QED) is 0.729. The van der Waals surface area contributed by atoms with Crippen LogP contribution in [-0.4, -0.2) is 10.2 Å². The number of aryl methyl sites for hydroxylation is 1. The van der Waals surface area contributed by atoms with E-state index in [0.717, 1.165) is 28.0 Å². The number of fused-ring (bicyclic) bond motifs is 1. The molecule has 0 aliphatic carbocycles. The maximum Gasteiger partial charge on any atom is 0.244 e. The predicted molar refractivity (Wildman–Crippen MR) is 101 cm³/mol. The number of nitrogens with two attached hydrogens (primary N) is 1. The normalized spacial score (nSPS) is 16.6. The van der Waals surface area contributed by atoms with Crippen LogP contribution in [-0.2, 0) is 0 Å². The van der Waals surface area contributed by atoms with Crippen molar-refractivity contribution in [2.75, 3.05) is 0 Å². The van der Waals surface area contributed by atoms with E-state index < -0.39 is 0 Å². The van der Waals surface area contributed by atoms with E-state index >= 15 is 0 Å². The van der Waals surface area contributed by atoms with E-state index in [4.69, 9.17) is 14.9 Å². The molecule has 2 aromatic heterocycles. The summed E-state index contributed by atoms with van der Waals surface area (Å²) >= 11 is 0.